The molecule has 2 amide bonds. The SMILES string of the molecule is Cc1cc(OCC(=O)NNC(=O)c2ccc(Br)o2)ccc1Cl. The minimum absolute atomic E-state index is 0.0708. The fourth-order valence-corrected chi connectivity index (χ4v) is 1.94. The zero-order chi connectivity index (χ0) is 16.1. The van der Waals surface area contributed by atoms with Crippen molar-refractivity contribution in [2.75, 3.05) is 6.61 Å². The van der Waals surface area contributed by atoms with Crippen LogP contribution < -0.4 is 15.6 Å². The minimum atomic E-state index is -0.568. The molecule has 1 aromatic carbocycles. The number of rotatable bonds is 4. The third kappa shape index (κ3) is 4.51. The number of halogens is 2. The molecule has 0 aliphatic carbocycles. The highest BCUT2D eigenvalue weighted by molar-refractivity contribution is 9.10. The molecule has 0 radical (unpaired) electrons. The number of carbonyl (C=O) groups is 2. The molecule has 0 saturated carbocycles. The Morgan fingerprint density at radius 3 is 2.68 bits per heavy atom. The van der Waals surface area contributed by atoms with Crippen molar-refractivity contribution in [3.63, 3.8) is 0 Å². The Morgan fingerprint density at radius 2 is 2.05 bits per heavy atom. The highest BCUT2D eigenvalue weighted by Gasteiger charge is 2.11. The number of aryl methyl sites for hydroxylation is 1. The predicted molar refractivity (Wildman–Crippen MR) is 83.7 cm³/mol. The Bertz CT molecular complexity index is 702. The normalized spacial score (nSPS) is 10.1. The maximum atomic E-state index is 11.6. The summed E-state index contributed by atoms with van der Waals surface area (Å²) >= 11 is 8.97. The van der Waals surface area contributed by atoms with Gasteiger partial charge in [0.25, 0.3) is 5.91 Å². The van der Waals surface area contributed by atoms with Crippen molar-refractivity contribution in [3.05, 3.63) is 51.3 Å². The van der Waals surface area contributed by atoms with Crippen LogP contribution in [0.15, 0.2) is 39.4 Å². The summed E-state index contributed by atoms with van der Waals surface area (Å²) in [6.45, 7) is 1.58. The molecule has 0 aliphatic rings. The number of ether oxygens (including phenoxy) is 1. The molecule has 6 nitrogen and oxygen atoms in total. The molecular formula is C14H12BrClN2O4. The molecule has 8 heteroatoms. The topological polar surface area (TPSA) is 80.6 Å². The van der Waals surface area contributed by atoms with Gasteiger partial charge in [0.1, 0.15) is 5.75 Å². The molecule has 0 atom stereocenters. The van der Waals surface area contributed by atoms with E-state index < -0.39 is 11.8 Å². The van der Waals surface area contributed by atoms with Gasteiger partial charge in [-0.15, -0.1) is 0 Å². The van der Waals surface area contributed by atoms with Crippen molar-refractivity contribution in [2.45, 2.75) is 6.92 Å². The quantitative estimate of drug-likeness (QED) is 0.791. The van der Waals surface area contributed by atoms with E-state index in [1.807, 2.05) is 6.92 Å². The van der Waals surface area contributed by atoms with Gasteiger partial charge in [0, 0.05) is 5.02 Å². The number of benzene rings is 1. The van der Waals surface area contributed by atoms with E-state index in [-0.39, 0.29) is 12.4 Å². The number of amides is 2. The third-order valence-corrected chi connectivity index (χ3v) is 3.46. The van der Waals surface area contributed by atoms with Crippen LogP contribution in [0.4, 0.5) is 0 Å². The first-order valence-corrected chi connectivity index (χ1v) is 7.36. The molecule has 2 N–H and O–H groups in total. The fraction of sp³-hybridized carbons (Fsp3) is 0.143. The summed E-state index contributed by atoms with van der Waals surface area (Å²) in [5, 5.41) is 0.619. The first kappa shape index (κ1) is 16.4. The number of furan rings is 1. The van der Waals surface area contributed by atoms with Crippen LogP contribution in [0.1, 0.15) is 16.1 Å². The van der Waals surface area contributed by atoms with E-state index in [0.717, 1.165) is 5.56 Å². The molecule has 2 aromatic rings. The van der Waals surface area contributed by atoms with E-state index >= 15 is 0 Å². The molecule has 0 spiro atoms. The summed E-state index contributed by atoms with van der Waals surface area (Å²) in [4.78, 5) is 23.2. The van der Waals surface area contributed by atoms with Crippen molar-refractivity contribution < 1.29 is 18.7 Å². The Balaban J connectivity index is 1.78. The molecule has 1 heterocycles. The monoisotopic (exact) mass is 386 g/mol. The second-order valence-corrected chi connectivity index (χ2v) is 5.49. The van der Waals surface area contributed by atoms with Crippen LogP contribution >= 0.6 is 27.5 Å². The van der Waals surface area contributed by atoms with Gasteiger partial charge in [-0.3, -0.25) is 20.4 Å². The second kappa shape index (κ2) is 7.33. The largest absolute Gasteiger partial charge is 0.484 e. The fourth-order valence-electron chi connectivity index (χ4n) is 1.52. The Morgan fingerprint density at radius 1 is 1.27 bits per heavy atom. The lowest BCUT2D eigenvalue weighted by Gasteiger charge is -2.09. The summed E-state index contributed by atoms with van der Waals surface area (Å²) in [5.74, 6) is -0.493. The van der Waals surface area contributed by atoms with Gasteiger partial charge in [0.2, 0.25) is 0 Å². The number of nitrogens with one attached hydrogen (secondary N) is 2. The zero-order valence-electron chi connectivity index (χ0n) is 11.5. The highest BCUT2D eigenvalue weighted by Crippen LogP contribution is 2.20. The zero-order valence-corrected chi connectivity index (χ0v) is 13.8. The second-order valence-electron chi connectivity index (χ2n) is 4.31. The van der Waals surface area contributed by atoms with Crippen molar-refractivity contribution in [1.29, 1.82) is 0 Å². The van der Waals surface area contributed by atoms with Crippen LogP contribution in [0.3, 0.4) is 0 Å². The van der Waals surface area contributed by atoms with Gasteiger partial charge in [0.15, 0.2) is 17.0 Å². The van der Waals surface area contributed by atoms with Gasteiger partial charge in [-0.2, -0.15) is 0 Å². The van der Waals surface area contributed by atoms with Gasteiger partial charge < -0.3 is 9.15 Å². The van der Waals surface area contributed by atoms with Gasteiger partial charge in [-0.05, 0) is 58.7 Å². The number of hydrogen-bond acceptors (Lipinski definition) is 4. The lowest BCUT2D eigenvalue weighted by molar-refractivity contribution is -0.123. The van der Waals surface area contributed by atoms with Crippen LogP contribution in [-0.2, 0) is 4.79 Å². The van der Waals surface area contributed by atoms with Crippen LogP contribution in [0.5, 0.6) is 5.75 Å². The van der Waals surface area contributed by atoms with E-state index in [2.05, 4.69) is 26.8 Å². The summed E-state index contributed by atoms with van der Waals surface area (Å²) in [5.41, 5.74) is 5.28. The van der Waals surface area contributed by atoms with Crippen LogP contribution in [0.25, 0.3) is 0 Å². The molecule has 0 saturated heterocycles. The van der Waals surface area contributed by atoms with E-state index in [1.165, 1.54) is 6.07 Å². The number of hydrazine groups is 1. The maximum Gasteiger partial charge on any atom is 0.305 e. The predicted octanol–water partition coefficient (Wildman–Crippen LogP) is 2.84. The van der Waals surface area contributed by atoms with Crippen LogP contribution in [0.2, 0.25) is 5.02 Å². The molecule has 116 valence electrons. The Kier molecular flexibility index (Phi) is 5.46. The molecular weight excluding hydrogens is 376 g/mol. The summed E-state index contributed by atoms with van der Waals surface area (Å²) in [6.07, 6.45) is 0. The summed E-state index contributed by atoms with van der Waals surface area (Å²) in [6, 6.07) is 8.10. The van der Waals surface area contributed by atoms with Crippen molar-refractivity contribution in [2.24, 2.45) is 0 Å². The molecule has 0 aliphatic heterocycles. The molecule has 2 rings (SSSR count). The Hall–Kier alpha value is -1.99. The maximum absolute atomic E-state index is 11.6. The summed E-state index contributed by atoms with van der Waals surface area (Å²) < 4.78 is 10.8. The molecule has 22 heavy (non-hydrogen) atoms. The van der Waals surface area contributed by atoms with Crippen molar-refractivity contribution in [1.82, 2.24) is 10.9 Å². The molecule has 1 aromatic heterocycles. The summed E-state index contributed by atoms with van der Waals surface area (Å²) in [7, 11) is 0. The van der Waals surface area contributed by atoms with Gasteiger partial charge in [0.05, 0.1) is 0 Å². The molecule has 0 bridgehead atoms. The Labute approximate surface area is 139 Å². The number of hydrogen-bond donors (Lipinski definition) is 2. The van der Waals surface area contributed by atoms with E-state index in [9.17, 15) is 9.59 Å². The van der Waals surface area contributed by atoms with Crippen molar-refractivity contribution in [3.8, 4) is 5.75 Å². The van der Waals surface area contributed by atoms with Gasteiger partial charge in [-0.25, -0.2) is 0 Å². The highest BCUT2D eigenvalue weighted by atomic mass is 79.9. The van der Waals surface area contributed by atoms with Crippen LogP contribution in [-0.4, -0.2) is 18.4 Å². The first-order chi connectivity index (χ1) is 10.5. The van der Waals surface area contributed by atoms with Gasteiger partial charge in [-0.1, -0.05) is 11.6 Å². The van der Waals surface area contributed by atoms with Gasteiger partial charge >= 0.3 is 5.91 Å². The molecule has 0 unspecified atom stereocenters. The average molecular weight is 388 g/mol. The smallest absolute Gasteiger partial charge is 0.305 e. The standard InChI is InChI=1S/C14H12BrClN2O4/c1-8-6-9(2-3-10(8)16)21-7-13(19)17-18-14(20)11-4-5-12(15)22-11/h2-6H,7H2,1H3,(H,17,19)(H,18,20). The third-order valence-electron chi connectivity index (χ3n) is 2.61. The van der Waals surface area contributed by atoms with Crippen molar-refractivity contribution >= 4 is 39.3 Å². The lowest BCUT2D eigenvalue weighted by Crippen LogP contribution is -2.43. The minimum Gasteiger partial charge on any atom is -0.484 e. The first-order valence-electron chi connectivity index (χ1n) is 6.19. The van der Waals surface area contributed by atoms with E-state index in [4.69, 9.17) is 20.8 Å². The lowest BCUT2D eigenvalue weighted by atomic mass is 10.2. The van der Waals surface area contributed by atoms with E-state index in [1.54, 1.807) is 24.3 Å². The average Bonchev–Trinajstić information content (AvgIpc) is 2.92. The van der Waals surface area contributed by atoms with Crippen LogP contribution in [0, 0.1) is 6.92 Å². The van der Waals surface area contributed by atoms with E-state index in [0.29, 0.717) is 15.4 Å². The number of carbonyl (C=O) groups excluding carboxylic acids is 2. The molecule has 0 fully saturated rings.